The van der Waals surface area contributed by atoms with Crippen LogP contribution in [0.25, 0.3) is 5.69 Å². The fourth-order valence-corrected chi connectivity index (χ4v) is 3.08. The number of aromatic nitrogens is 2. The molecule has 0 unspecified atom stereocenters. The highest BCUT2D eigenvalue weighted by Crippen LogP contribution is 2.29. The van der Waals surface area contributed by atoms with E-state index in [1.54, 1.807) is 16.8 Å². The van der Waals surface area contributed by atoms with Crippen LogP contribution in [0, 0.1) is 11.7 Å². The Bertz CT molecular complexity index is 792. The molecule has 3 rings (SSSR count). The van der Waals surface area contributed by atoms with E-state index in [1.165, 1.54) is 18.3 Å². The molecule has 1 fully saturated rings. The maximum atomic E-state index is 13.1. The third-order valence-electron chi connectivity index (χ3n) is 4.49. The molecule has 0 saturated heterocycles. The molecule has 1 aliphatic carbocycles. The Hall–Kier alpha value is -2.70. The van der Waals surface area contributed by atoms with Crippen molar-refractivity contribution in [3.8, 4) is 5.69 Å². The number of carbonyl (C=O) groups excluding carboxylic acids is 1. The molecule has 0 bridgehead atoms. The van der Waals surface area contributed by atoms with Crippen molar-refractivity contribution in [2.45, 2.75) is 38.6 Å². The van der Waals surface area contributed by atoms with Gasteiger partial charge in [0.1, 0.15) is 5.82 Å². The summed E-state index contributed by atoms with van der Waals surface area (Å²) < 4.78 is 14.8. The van der Waals surface area contributed by atoms with Gasteiger partial charge in [-0.2, -0.15) is 5.10 Å². The summed E-state index contributed by atoms with van der Waals surface area (Å²) in [6.45, 7) is 3.91. The SMILES string of the molecule is CC(C)c1c(C(=O)NC2CC(C(=O)O)C2)cnn1-c1ccc(F)cc1. The fraction of sp³-hybridized carbons (Fsp3) is 0.389. The van der Waals surface area contributed by atoms with Crippen molar-refractivity contribution in [3.05, 3.63) is 47.5 Å². The minimum Gasteiger partial charge on any atom is -0.481 e. The molecule has 2 N–H and O–H groups in total. The van der Waals surface area contributed by atoms with Crippen LogP contribution in [0.15, 0.2) is 30.5 Å². The normalized spacial score (nSPS) is 19.5. The molecule has 1 aromatic carbocycles. The lowest BCUT2D eigenvalue weighted by atomic mass is 9.80. The summed E-state index contributed by atoms with van der Waals surface area (Å²) in [5, 5.41) is 16.1. The van der Waals surface area contributed by atoms with Crippen molar-refractivity contribution in [3.63, 3.8) is 0 Å². The largest absolute Gasteiger partial charge is 0.481 e. The van der Waals surface area contributed by atoms with Crippen LogP contribution in [0.1, 0.15) is 48.7 Å². The summed E-state index contributed by atoms with van der Waals surface area (Å²) in [7, 11) is 0. The van der Waals surface area contributed by atoms with Crippen molar-refractivity contribution in [2.24, 2.45) is 5.92 Å². The summed E-state index contributed by atoms with van der Waals surface area (Å²) in [6.07, 6.45) is 2.40. The topological polar surface area (TPSA) is 84.2 Å². The van der Waals surface area contributed by atoms with Crippen LogP contribution in [0.4, 0.5) is 4.39 Å². The molecule has 1 heterocycles. The van der Waals surface area contributed by atoms with Crippen molar-refractivity contribution < 1.29 is 19.1 Å². The number of carboxylic acids is 1. The maximum absolute atomic E-state index is 13.1. The molecule has 0 radical (unpaired) electrons. The van der Waals surface area contributed by atoms with Crippen LogP contribution < -0.4 is 5.32 Å². The Morgan fingerprint density at radius 1 is 1.28 bits per heavy atom. The van der Waals surface area contributed by atoms with E-state index in [0.29, 0.717) is 24.1 Å². The minimum absolute atomic E-state index is 0.0291. The van der Waals surface area contributed by atoms with Crippen molar-refractivity contribution in [1.29, 1.82) is 0 Å². The highest BCUT2D eigenvalue weighted by molar-refractivity contribution is 5.95. The number of nitrogens with one attached hydrogen (secondary N) is 1. The molecule has 0 aliphatic heterocycles. The molecule has 7 heteroatoms. The van der Waals surface area contributed by atoms with Crippen LogP contribution in [-0.4, -0.2) is 32.8 Å². The van der Waals surface area contributed by atoms with Gasteiger partial charge in [0.05, 0.1) is 29.1 Å². The minimum atomic E-state index is -0.822. The summed E-state index contributed by atoms with van der Waals surface area (Å²) in [5.41, 5.74) is 1.87. The van der Waals surface area contributed by atoms with E-state index in [2.05, 4.69) is 10.4 Å². The second-order valence-corrected chi connectivity index (χ2v) is 6.66. The van der Waals surface area contributed by atoms with Crippen LogP contribution in [-0.2, 0) is 4.79 Å². The van der Waals surface area contributed by atoms with Crippen molar-refractivity contribution in [2.75, 3.05) is 0 Å². The predicted octanol–water partition coefficient (Wildman–Crippen LogP) is 2.73. The zero-order chi connectivity index (χ0) is 18.1. The second-order valence-electron chi connectivity index (χ2n) is 6.66. The predicted molar refractivity (Wildman–Crippen MR) is 89.2 cm³/mol. The quantitative estimate of drug-likeness (QED) is 0.873. The summed E-state index contributed by atoms with van der Waals surface area (Å²) in [5.74, 6) is -1.76. The fourth-order valence-electron chi connectivity index (χ4n) is 3.08. The molecule has 1 aliphatic rings. The third kappa shape index (κ3) is 3.40. The van der Waals surface area contributed by atoms with Crippen LogP contribution >= 0.6 is 0 Å². The first-order valence-electron chi connectivity index (χ1n) is 8.24. The Morgan fingerprint density at radius 2 is 1.92 bits per heavy atom. The smallest absolute Gasteiger partial charge is 0.306 e. The van der Waals surface area contributed by atoms with Gasteiger partial charge in [-0.05, 0) is 43.0 Å². The standard InChI is InChI=1S/C18H20FN3O3/c1-10(2)16-15(17(23)21-13-7-11(8-13)18(24)25)9-20-22(16)14-5-3-12(19)4-6-14/h3-6,9-11,13H,7-8H2,1-2H3,(H,21,23)(H,24,25). The number of hydrogen-bond acceptors (Lipinski definition) is 3. The van der Waals surface area contributed by atoms with Gasteiger partial charge in [0, 0.05) is 6.04 Å². The zero-order valence-corrected chi connectivity index (χ0v) is 14.1. The van der Waals surface area contributed by atoms with Gasteiger partial charge < -0.3 is 10.4 Å². The molecular formula is C18H20FN3O3. The van der Waals surface area contributed by atoms with Crippen LogP contribution in [0.2, 0.25) is 0 Å². The van der Waals surface area contributed by atoms with Gasteiger partial charge in [0.25, 0.3) is 5.91 Å². The first-order chi connectivity index (χ1) is 11.9. The lowest BCUT2D eigenvalue weighted by Gasteiger charge is -2.32. The lowest BCUT2D eigenvalue weighted by molar-refractivity contribution is -0.145. The first-order valence-corrected chi connectivity index (χ1v) is 8.24. The maximum Gasteiger partial charge on any atom is 0.306 e. The van der Waals surface area contributed by atoms with E-state index in [-0.39, 0.29) is 29.6 Å². The van der Waals surface area contributed by atoms with Crippen LogP contribution in [0.3, 0.4) is 0 Å². The van der Waals surface area contributed by atoms with E-state index < -0.39 is 5.97 Å². The average molecular weight is 345 g/mol. The molecule has 2 aromatic rings. The number of carboxylic acid groups (broad SMARTS) is 1. The zero-order valence-electron chi connectivity index (χ0n) is 14.1. The van der Waals surface area contributed by atoms with E-state index in [0.717, 1.165) is 5.69 Å². The van der Waals surface area contributed by atoms with Crippen LogP contribution in [0.5, 0.6) is 0 Å². The number of rotatable bonds is 5. The van der Waals surface area contributed by atoms with Gasteiger partial charge in [-0.15, -0.1) is 0 Å². The Kier molecular flexibility index (Phi) is 4.57. The number of hydrogen-bond donors (Lipinski definition) is 2. The first kappa shape index (κ1) is 17.1. The molecule has 1 saturated carbocycles. The highest BCUT2D eigenvalue weighted by atomic mass is 19.1. The Balaban J connectivity index is 1.81. The molecule has 1 aromatic heterocycles. The molecule has 0 atom stereocenters. The van der Waals surface area contributed by atoms with Gasteiger partial charge in [-0.1, -0.05) is 13.8 Å². The van der Waals surface area contributed by atoms with Gasteiger partial charge in [0.2, 0.25) is 0 Å². The monoisotopic (exact) mass is 345 g/mol. The molecule has 0 spiro atoms. The number of amides is 1. The lowest BCUT2D eigenvalue weighted by Crippen LogP contribution is -2.46. The summed E-state index contributed by atoms with van der Waals surface area (Å²) in [6, 6.07) is 5.80. The molecular weight excluding hydrogens is 325 g/mol. The van der Waals surface area contributed by atoms with E-state index in [1.807, 2.05) is 13.8 Å². The number of aliphatic carboxylic acids is 1. The third-order valence-corrected chi connectivity index (χ3v) is 4.49. The van der Waals surface area contributed by atoms with Gasteiger partial charge in [0.15, 0.2) is 0 Å². The molecule has 132 valence electrons. The number of nitrogens with zero attached hydrogens (tertiary/aromatic N) is 2. The van der Waals surface area contributed by atoms with Crippen molar-refractivity contribution in [1.82, 2.24) is 15.1 Å². The second kappa shape index (κ2) is 6.66. The Labute approximate surface area is 144 Å². The van der Waals surface area contributed by atoms with E-state index in [9.17, 15) is 14.0 Å². The van der Waals surface area contributed by atoms with Crippen molar-refractivity contribution >= 4 is 11.9 Å². The molecule has 6 nitrogen and oxygen atoms in total. The highest BCUT2D eigenvalue weighted by Gasteiger charge is 2.36. The number of benzene rings is 1. The van der Waals surface area contributed by atoms with Gasteiger partial charge in [-0.25, -0.2) is 9.07 Å². The van der Waals surface area contributed by atoms with E-state index >= 15 is 0 Å². The average Bonchev–Trinajstić information content (AvgIpc) is 2.95. The molecule has 1 amide bonds. The van der Waals surface area contributed by atoms with E-state index in [4.69, 9.17) is 5.11 Å². The van der Waals surface area contributed by atoms with Gasteiger partial charge >= 0.3 is 5.97 Å². The summed E-state index contributed by atoms with van der Waals surface area (Å²) >= 11 is 0. The molecule has 25 heavy (non-hydrogen) atoms. The summed E-state index contributed by atoms with van der Waals surface area (Å²) in [4.78, 5) is 23.4. The number of halogens is 1. The Morgan fingerprint density at radius 3 is 2.48 bits per heavy atom. The van der Waals surface area contributed by atoms with Gasteiger partial charge in [-0.3, -0.25) is 9.59 Å². The number of carbonyl (C=O) groups is 2.